The van der Waals surface area contributed by atoms with Crippen molar-refractivity contribution < 1.29 is 17.6 Å². The molecule has 2 aromatic rings. The number of alkyl halides is 2. The average molecular weight is 435 g/mol. The molecule has 30 heavy (non-hydrogen) atoms. The van der Waals surface area contributed by atoms with Crippen molar-refractivity contribution in [1.82, 2.24) is 4.31 Å². The van der Waals surface area contributed by atoms with Crippen molar-refractivity contribution in [1.29, 1.82) is 0 Å². The lowest BCUT2D eigenvalue weighted by Crippen LogP contribution is -2.44. The summed E-state index contributed by atoms with van der Waals surface area (Å²) in [5.41, 5.74) is -0.520. The zero-order valence-corrected chi connectivity index (χ0v) is 17.7. The molecule has 2 unspecified atom stereocenters. The summed E-state index contributed by atoms with van der Waals surface area (Å²) in [6, 6.07) is 9.34. The molecule has 1 aliphatic rings. The van der Waals surface area contributed by atoms with Crippen LogP contribution < -0.4 is 0 Å². The molecule has 3 rings (SSSR count). The van der Waals surface area contributed by atoms with E-state index in [1.807, 2.05) is 11.4 Å². The van der Waals surface area contributed by atoms with Crippen molar-refractivity contribution in [2.45, 2.75) is 43.4 Å². The number of rotatable bonds is 5. The highest BCUT2D eigenvalue weighted by atomic mass is 32.2. The molecule has 0 amide bonds. The van der Waals surface area contributed by atoms with Crippen LogP contribution in [-0.2, 0) is 17.9 Å². The van der Waals surface area contributed by atoms with Gasteiger partial charge in [-0.15, -0.1) is 6.42 Å². The first-order valence-corrected chi connectivity index (χ1v) is 10.3. The SMILES string of the molecule is C#CC1(c2ccc(F)cc2F)N=C(C)N(C)SC1Cc1ccc(C(F)(F)CC)cc1. The molecular weight excluding hydrogens is 412 g/mol. The van der Waals surface area contributed by atoms with Crippen LogP contribution in [0.2, 0.25) is 0 Å². The van der Waals surface area contributed by atoms with E-state index in [4.69, 9.17) is 6.42 Å². The molecular formula is C23H22F4N2S. The lowest BCUT2D eigenvalue weighted by Gasteiger charge is -2.41. The van der Waals surface area contributed by atoms with Gasteiger partial charge < -0.3 is 4.31 Å². The van der Waals surface area contributed by atoms with Crippen molar-refractivity contribution in [2.75, 3.05) is 7.05 Å². The minimum Gasteiger partial charge on any atom is -0.307 e. The minimum absolute atomic E-state index is 0.0520. The van der Waals surface area contributed by atoms with E-state index in [1.54, 1.807) is 19.1 Å². The van der Waals surface area contributed by atoms with Gasteiger partial charge in [0.1, 0.15) is 17.5 Å². The van der Waals surface area contributed by atoms with Gasteiger partial charge in [-0.05, 0) is 43.0 Å². The van der Waals surface area contributed by atoms with E-state index in [1.165, 1.54) is 37.1 Å². The summed E-state index contributed by atoms with van der Waals surface area (Å²) < 4.78 is 57.9. The van der Waals surface area contributed by atoms with Crippen LogP contribution in [0, 0.1) is 24.0 Å². The normalized spacial score (nSPS) is 21.9. The third kappa shape index (κ3) is 4.06. The van der Waals surface area contributed by atoms with Gasteiger partial charge in [0, 0.05) is 30.7 Å². The topological polar surface area (TPSA) is 15.6 Å². The lowest BCUT2D eigenvalue weighted by molar-refractivity contribution is -0.00829. The number of nitrogens with zero attached hydrogens (tertiary/aromatic N) is 2. The summed E-state index contributed by atoms with van der Waals surface area (Å²) in [7, 11) is 1.82. The Morgan fingerprint density at radius 1 is 1.20 bits per heavy atom. The van der Waals surface area contributed by atoms with Crippen molar-refractivity contribution in [3.8, 4) is 12.3 Å². The number of terminal acetylenes is 1. The molecule has 2 aromatic carbocycles. The Morgan fingerprint density at radius 3 is 2.43 bits per heavy atom. The van der Waals surface area contributed by atoms with Gasteiger partial charge in [-0.1, -0.05) is 37.1 Å². The van der Waals surface area contributed by atoms with Gasteiger partial charge in [0.05, 0.1) is 5.25 Å². The molecule has 2 atom stereocenters. The molecule has 1 heterocycles. The van der Waals surface area contributed by atoms with Crippen LogP contribution in [0.1, 0.15) is 37.0 Å². The van der Waals surface area contributed by atoms with Gasteiger partial charge in [0.2, 0.25) is 0 Å². The first-order valence-electron chi connectivity index (χ1n) is 9.50. The highest BCUT2D eigenvalue weighted by molar-refractivity contribution is 7.98. The van der Waals surface area contributed by atoms with Gasteiger partial charge in [-0.2, -0.15) is 0 Å². The van der Waals surface area contributed by atoms with E-state index in [9.17, 15) is 17.6 Å². The molecule has 0 fully saturated rings. The summed E-state index contributed by atoms with van der Waals surface area (Å²) in [5, 5.41) is -0.423. The summed E-state index contributed by atoms with van der Waals surface area (Å²) in [4.78, 5) is 4.62. The van der Waals surface area contributed by atoms with Crippen LogP contribution in [0.4, 0.5) is 17.6 Å². The first-order chi connectivity index (χ1) is 14.1. The summed E-state index contributed by atoms with van der Waals surface area (Å²) in [6.45, 7) is 3.19. The number of benzene rings is 2. The quantitative estimate of drug-likeness (QED) is 0.330. The molecule has 1 aliphatic heterocycles. The van der Waals surface area contributed by atoms with Crippen LogP contribution in [0.5, 0.6) is 0 Å². The second-order valence-electron chi connectivity index (χ2n) is 7.24. The smallest absolute Gasteiger partial charge is 0.273 e. The zero-order valence-electron chi connectivity index (χ0n) is 16.9. The third-order valence-electron chi connectivity index (χ3n) is 5.35. The second-order valence-corrected chi connectivity index (χ2v) is 8.57. The number of amidine groups is 1. The zero-order chi connectivity index (χ0) is 22.1. The van der Waals surface area contributed by atoms with E-state index >= 15 is 0 Å². The maximum atomic E-state index is 14.7. The third-order valence-corrected chi connectivity index (χ3v) is 6.69. The Labute approximate surface area is 178 Å². The Bertz CT molecular complexity index is 997. The maximum Gasteiger partial charge on any atom is 0.273 e. The Kier molecular flexibility index (Phi) is 6.19. The van der Waals surface area contributed by atoms with E-state index < -0.39 is 28.3 Å². The van der Waals surface area contributed by atoms with Gasteiger partial charge in [0.15, 0.2) is 5.54 Å². The highest BCUT2D eigenvalue weighted by Crippen LogP contribution is 2.44. The van der Waals surface area contributed by atoms with Gasteiger partial charge in [-0.3, -0.25) is 0 Å². The summed E-state index contributed by atoms with van der Waals surface area (Å²) in [6.07, 6.45) is 5.96. The predicted molar refractivity (Wildman–Crippen MR) is 113 cm³/mol. The van der Waals surface area contributed by atoms with Crippen LogP contribution in [0.25, 0.3) is 0 Å². The molecule has 0 N–H and O–H groups in total. The van der Waals surface area contributed by atoms with Gasteiger partial charge in [-0.25, -0.2) is 22.6 Å². The standard InChI is InChI=1S/C23H22F4N2S/c1-5-22(19-12-11-18(24)14-20(19)25)21(30-29(4)15(3)28-22)13-16-7-9-17(10-8-16)23(26,27)6-2/h1,7-12,14,21H,6,13H2,2-4H3. The van der Waals surface area contributed by atoms with Crippen molar-refractivity contribution >= 4 is 17.8 Å². The fourth-order valence-corrected chi connectivity index (χ4v) is 4.71. The minimum atomic E-state index is -2.89. The van der Waals surface area contributed by atoms with Crippen LogP contribution in [0.3, 0.4) is 0 Å². The largest absolute Gasteiger partial charge is 0.307 e. The monoisotopic (exact) mass is 434 g/mol. The average Bonchev–Trinajstić information content (AvgIpc) is 2.71. The van der Waals surface area contributed by atoms with Crippen LogP contribution >= 0.6 is 11.9 Å². The molecule has 0 aliphatic carbocycles. The molecule has 0 aromatic heterocycles. The fraction of sp³-hybridized carbons (Fsp3) is 0.348. The Morgan fingerprint density at radius 2 is 1.87 bits per heavy atom. The number of hydrogen-bond donors (Lipinski definition) is 0. The maximum absolute atomic E-state index is 14.7. The van der Waals surface area contributed by atoms with Crippen LogP contribution in [0.15, 0.2) is 47.5 Å². The Hall–Kier alpha value is -2.46. The molecule has 0 spiro atoms. The number of aliphatic imine (C=N–C) groups is 1. The van der Waals surface area contributed by atoms with Gasteiger partial charge in [0.25, 0.3) is 5.92 Å². The molecule has 0 radical (unpaired) electrons. The highest BCUT2D eigenvalue weighted by Gasteiger charge is 2.45. The van der Waals surface area contributed by atoms with E-state index in [0.717, 1.165) is 17.7 Å². The fourth-order valence-electron chi connectivity index (χ4n) is 3.46. The van der Waals surface area contributed by atoms with E-state index in [-0.39, 0.29) is 17.5 Å². The lowest BCUT2D eigenvalue weighted by atomic mass is 9.84. The number of hydrogen-bond acceptors (Lipinski definition) is 3. The van der Waals surface area contributed by atoms with E-state index in [2.05, 4.69) is 10.9 Å². The van der Waals surface area contributed by atoms with Gasteiger partial charge >= 0.3 is 0 Å². The van der Waals surface area contributed by atoms with Crippen molar-refractivity contribution in [3.05, 3.63) is 70.8 Å². The van der Waals surface area contributed by atoms with E-state index in [0.29, 0.717) is 12.3 Å². The summed E-state index contributed by atoms with van der Waals surface area (Å²) >= 11 is 1.39. The Balaban J connectivity index is 2.02. The van der Waals surface area contributed by atoms with Crippen molar-refractivity contribution in [2.24, 2.45) is 4.99 Å². The van der Waals surface area contributed by atoms with Crippen molar-refractivity contribution in [3.63, 3.8) is 0 Å². The second kappa shape index (κ2) is 8.35. The molecule has 2 nitrogen and oxygen atoms in total. The number of halogens is 4. The molecule has 158 valence electrons. The molecule has 7 heteroatoms. The molecule has 0 saturated carbocycles. The van der Waals surface area contributed by atoms with Crippen LogP contribution in [-0.4, -0.2) is 22.4 Å². The molecule has 0 bridgehead atoms. The first kappa shape index (κ1) is 22.2. The predicted octanol–water partition coefficient (Wildman–Crippen LogP) is 5.92. The summed E-state index contributed by atoms with van der Waals surface area (Å²) in [5.74, 6) is -1.11. The molecule has 0 saturated heterocycles.